The van der Waals surface area contributed by atoms with Gasteiger partial charge in [0.15, 0.2) is 0 Å². The highest BCUT2D eigenvalue weighted by Gasteiger charge is 2.35. The molecule has 26 heavy (non-hydrogen) atoms. The molecule has 3 aliphatic rings. The number of carbonyl (C=O) groups is 1. The van der Waals surface area contributed by atoms with E-state index in [0.29, 0.717) is 17.8 Å². The van der Waals surface area contributed by atoms with Crippen molar-refractivity contribution in [3.8, 4) is 11.1 Å². The third-order valence-corrected chi connectivity index (χ3v) is 6.25. The fourth-order valence-corrected chi connectivity index (χ4v) is 4.64. The molecule has 0 unspecified atom stereocenters. The van der Waals surface area contributed by atoms with Crippen LogP contribution in [0.15, 0.2) is 36.4 Å². The summed E-state index contributed by atoms with van der Waals surface area (Å²) in [6.07, 6.45) is 9.23. The van der Waals surface area contributed by atoms with Crippen molar-refractivity contribution < 1.29 is 4.79 Å². The lowest BCUT2D eigenvalue weighted by Gasteiger charge is -2.17. The van der Waals surface area contributed by atoms with Gasteiger partial charge in [-0.2, -0.15) is 5.10 Å². The maximum absolute atomic E-state index is 13.1. The Morgan fingerprint density at radius 3 is 2.58 bits per heavy atom. The predicted octanol–water partition coefficient (Wildman–Crippen LogP) is 4.30. The van der Waals surface area contributed by atoms with Gasteiger partial charge in [-0.1, -0.05) is 24.3 Å². The van der Waals surface area contributed by atoms with Crippen LogP contribution in [0, 0.1) is 18.8 Å². The number of allylic oxidation sites excluding steroid dienone is 2. The maximum atomic E-state index is 13.1. The van der Waals surface area contributed by atoms with E-state index in [1.165, 1.54) is 24.1 Å². The summed E-state index contributed by atoms with van der Waals surface area (Å²) in [5, 5.41) is 7.67. The predicted molar refractivity (Wildman–Crippen MR) is 102 cm³/mol. The zero-order chi connectivity index (χ0) is 17.7. The molecule has 1 saturated carbocycles. The van der Waals surface area contributed by atoms with E-state index >= 15 is 0 Å². The number of nitrogens with one attached hydrogen (secondary N) is 1. The number of aryl methyl sites for hydroxylation is 1. The second-order valence-electron chi connectivity index (χ2n) is 8.14. The van der Waals surface area contributed by atoms with E-state index in [2.05, 4.69) is 46.3 Å². The number of hydrogen-bond donors (Lipinski definition) is 1. The highest BCUT2D eigenvalue weighted by Crippen LogP contribution is 2.44. The summed E-state index contributed by atoms with van der Waals surface area (Å²) in [6, 6.07) is 8.13. The molecule has 1 aliphatic heterocycles. The molecule has 0 spiro atoms. The van der Waals surface area contributed by atoms with Crippen LogP contribution in [0.4, 0.5) is 0 Å². The molecular formula is C22H25N3O. The molecule has 134 valence electrons. The largest absolute Gasteiger partial charge is 0.338 e. The molecule has 0 radical (unpaired) electrons. The molecule has 2 aliphatic carbocycles. The first kappa shape index (κ1) is 15.9. The molecule has 1 N–H and O–H groups in total. The Labute approximate surface area is 154 Å². The van der Waals surface area contributed by atoms with Gasteiger partial charge in [-0.25, -0.2) is 0 Å². The number of H-pyrrole nitrogens is 1. The normalized spacial score (nSPS) is 24.7. The Bertz CT molecular complexity index is 861. The van der Waals surface area contributed by atoms with Gasteiger partial charge in [0.05, 0.1) is 5.69 Å². The Morgan fingerprint density at radius 1 is 1.15 bits per heavy atom. The average molecular weight is 347 g/mol. The number of aromatic amines is 1. The van der Waals surface area contributed by atoms with E-state index < -0.39 is 0 Å². The molecule has 5 rings (SSSR count). The number of carbonyl (C=O) groups excluding carboxylic acids is 1. The molecule has 2 aromatic rings. The summed E-state index contributed by atoms with van der Waals surface area (Å²) in [4.78, 5) is 15.2. The van der Waals surface area contributed by atoms with Crippen LogP contribution < -0.4 is 0 Å². The number of hydrogen-bond acceptors (Lipinski definition) is 2. The number of likely N-dealkylation sites (tertiary alicyclic amines) is 1. The first-order valence-electron chi connectivity index (χ1n) is 9.80. The quantitative estimate of drug-likeness (QED) is 0.842. The summed E-state index contributed by atoms with van der Waals surface area (Å²) < 4.78 is 0. The lowest BCUT2D eigenvalue weighted by molar-refractivity contribution is 0.0784. The highest BCUT2D eigenvalue weighted by molar-refractivity contribution is 5.96. The van der Waals surface area contributed by atoms with Gasteiger partial charge in [-0.15, -0.1) is 0 Å². The number of aromatic nitrogens is 2. The standard InChI is InChI=1S/C22H25N3O/c1-14-20(21(24-23-14)15-9-10-15)16-7-4-8-17(11-16)22(26)25-12-18-5-2-3-6-19(18)13-25/h2-4,7-8,11,15,18-19H,5-6,9-10,12-13H2,1H3,(H,23,24)/t18-,19+. The van der Waals surface area contributed by atoms with E-state index in [1.54, 1.807) is 0 Å². The van der Waals surface area contributed by atoms with Gasteiger partial charge in [0.25, 0.3) is 5.91 Å². The van der Waals surface area contributed by atoms with Gasteiger partial charge in [-0.3, -0.25) is 9.89 Å². The molecule has 4 nitrogen and oxygen atoms in total. The van der Waals surface area contributed by atoms with Gasteiger partial charge in [-0.05, 0) is 62.1 Å². The first-order chi connectivity index (χ1) is 12.7. The zero-order valence-corrected chi connectivity index (χ0v) is 15.2. The second kappa shape index (κ2) is 6.11. The van der Waals surface area contributed by atoms with Crippen LogP contribution in [0.1, 0.15) is 53.3 Å². The van der Waals surface area contributed by atoms with Gasteiger partial charge in [0.1, 0.15) is 0 Å². The zero-order valence-electron chi connectivity index (χ0n) is 15.2. The van der Waals surface area contributed by atoms with Gasteiger partial charge >= 0.3 is 0 Å². The number of fused-ring (bicyclic) bond motifs is 1. The monoisotopic (exact) mass is 347 g/mol. The summed E-state index contributed by atoms with van der Waals surface area (Å²) in [6.45, 7) is 3.87. The smallest absolute Gasteiger partial charge is 0.253 e. The van der Waals surface area contributed by atoms with Crippen LogP contribution in [0.5, 0.6) is 0 Å². The van der Waals surface area contributed by atoms with Crippen molar-refractivity contribution in [2.75, 3.05) is 13.1 Å². The fourth-order valence-electron chi connectivity index (χ4n) is 4.64. The second-order valence-corrected chi connectivity index (χ2v) is 8.14. The van der Waals surface area contributed by atoms with E-state index in [0.717, 1.165) is 42.8 Å². The van der Waals surface area contributed by atoms with Crippen LogP contribution in [0.3, 0.4) is 0 Å². The van der Waals surface area contributed by atoms with Crippen molar-refractivity contribution in [1.82, 2.24) is 15.1 Å². The number of rotatable bonds is 3. The molecule has 2 atom stereocenters. The average Bonchev–Trinajstić information content (AvgIpc) is 3.30. The first-order valence-corrected chi connectivity index (χ1v) is 9.80. The SMILES string of the molecule is Cc1[nH]nc(C2CC2)c1-c1cccc(C(=O)N2C[C@H]3CC=CC[C@H]3C2)c1. The number of amides is 1. The van der Waals surface area contributed by atoms with Crippen molar-refractivity contribution in [2.24, 2.45) is 11.8 Å². The Balaban J connectivity index is 1.42. The Morgan fingerprint density at radius 2 is 1.88 bits per heavy atom. The summed E-state index contributed by atoms with van der Waals surface area (Å²) in [5.74, 6) is 2.05. The van der Waals surface area contributed by atoms with Crippen molar-refractivity contribution >= 4 is 5.91 Å². The van der Waals surface area contributed by atoms with Crippen molar-refractivity contribution in [2.45, 2.75) is 38.5 Å². The lowest BCUT2D eigenvalue weighted by Crippen LogP contribution is -2.29. The molecule has 2 fully saturated rings. The van der Waals surface area contributed by atoms with E-state index in [9.17, 15) is 4.79 Å². The lowest BCUT2D eigenvalue weighted by atomic mass is 9.86. The van der Waals surface area contributed by atoms with Crippen LogP contribution in [0.2, 0.25) is 0 Å². The molecular weight excluding hydrogens is 322 g/mol. The number of nitrogens with zero attached hydrogens (tertiary/aromatic N) is 2. The molecule has 0 bridgehead atoms. The highest BCUT2D eigenvalue weighted by atomic mass is 16.2. The molecule has 1 saturated heterocycles. The fraction of sp³-hybridized carbons (Fsp3) is 0.455. The summed E-state index contributed by atoms with van der Waals surface area (Å²) in [5.41, 5.74) is 5.38. The third kappa shape index (κ3) is 2.68. The maximum Gasteiger partial charge on any atom is 0.253 e. The van der Waals surface area contributed by atoms with Crippen LogP contribution >= 0.6 is 0 Å². The Hall–Kier alpha value is -2.36. The van der Waals surface area contributed by atoms with Crippen LogP contribution in [0.25, 0.3) is 11.1 Å². The Kier molecular flexibility index (Phi) is 3.73. The van der Waals surface area contributed by atoms with E-state index in [1.807, 2.05) is 12.1 Å². The summed E-state index contributed by atoms with van der Waals surface area (Å²) >= 11 is 0. The molecule has 1 amide bonds. The van der Waals surface area contributed by atoms with Crippen molar-refractivity contribution in [1.29, 1.82) is 0 Å². The third-order valence-electron chi connectivity index (χ3n) is 6.25. The summed E-state index contributed by atoms with van der Waals surface area (Å²) in [7, 11) is 0. The van der Waals surface area contributed by atoms with E-state index in [4.69, 9.17) is 0 Å². The molecule has 1 aromatic heterocycles. The molecule has 4 heteroatoms. The molecule has 1 aromatic carbocycles. The van der Waals surface area contributed by atoms with E-state index in [-0.39, 0.29) is 5.91 Å². The van der Waals surface area contributed by atoms with Crippen LogP contribution in [-0.2, 0) is 0 Å². The number of benzene rings is 1. The van der Waals surface area contributed by atoms with Crippen molar-refractivity contribution in [3.63, 3.8) is 0 Å². The van der Waals surface area contributed by atoms with Crippen LogP contribution in [-0.4, -0.2) is 34.1 Å². The van der Waals surface area contributed by atoms with Gasteiger partial charge < -0.3 is 4.90 Å². The molecule has 2 heterocycles. The minimum Gasteiger partial charge on any atom is -0.338 e. The van der Waals surface area contributed by atoms with Gasteiger partial charge in [0.2, 0.25) is 0 Å². The minimum atomic E-state index is 0.176. The minimum absolute atomic E-state index is 0.176. The van der Waals surface area contributed by atoms with Crippen molar-refractivity contribution in [3.05, 3.63) is 53.4 Å². The topological polar surface area (TPSA) is 49.0 Å². The van der Waals surface area contributed by atoms with Gasteiger partial charge in [0, 0.05) is 35.8 Å².